The minimum atomic E-state index is -4.47. The van der Waals surface area contributed by atoms with Gasteiger partial charge in [-0.05, 0) is 36.4 Å². The summed E-state index contributed by atoms with van der Waals surface area (Å²) in [6, 6.07) is 10.0. The van der Waals surface area contributed by atoms with Crippen molar-refractivity contribution in [3.05, 3.63) is 70.9 Å². The quantitative estimate of drug-likeness (QED) is 0.525. The fraction of sp³-hybridized carbons (Fsp3) is 0.217. The predicted octanol–water partition coefficient (Wildman–Crippen LogP) is 4.91. The average Bonchev–Trinajstić information content (AvgIpc) is 2.82. The first kappa shape index (κ1) is 23.7. The lowest BCUT2D eigenvalue weighted by atomic mass is 10.1. The van der Waals surface area contributed by atoms with Crippen molar-refractivity contribution < 1.29 is 32.5 Å². The number of aliphatic hydroxyl groups is 1. The van der Waals surface area contributed by atoms with Crippen LogP contribution < -0.4 is 19.7 Å². The van der Waals surface area contributed by atoms with Crippen LogP contribution >= 0.6 is 11.6 Å². The van der Waals surface area contributed by atoms with Gasteiger partial charge in [-0.3, -0.25) is 4.79 Å². The van der Waals surface area contributed by atoms with Gasteiger partial charge in [0.25, 0.3) is 5.91 Å². The van der Waals surface area contributed by atoms with Crippen LogP contribution in [0.3, 0.4) is 0 Å². The monoisotopic (exact) mass is 493 g/mol. The number of hydrogen-bond acceptors (Lipinski definition) is 6. The molecule has 11 heteroatoms. The highest BCUT2D eigenvalue weighted by atomic mass is 35.5. The van der Waals surface area contributed by atoms with Crippen LogP contribution in [0.2, 0.25) is 5.02 Å². The summed E-state index contributed by atoms with van der Waals surface area (Å²) in [4.78, 5) is 19.0. The van der Waals surface area contributed by atoms with E-state index in [0.29, 0.717) is 17.3 Å². The van der Waals surface area contributed by atoms with E-state index in [1.807, 2.05) is 0 Å². The molecule has 0 bridgehead atoms. The molecule has 3 aromatic rings. The molecule has 2 aromatic carbocycles. The molecule has 0 aliphatic carbocycles. The fourth-order valence-corrected chi connectivity index (χ4v) is 3.81. The number of rotatable bonds is 5. The number of fused-ring (bicyclic) bond motifs is 1. The highest BCUT2D eigenvalue weighted by Gasteiger charge is 2.34. The van der Waals surface area contributed by atoms with Crippen LogP contribution in [0.15, 0.2) is 54.7 Å². The molecule has 1 amide bonds. The number of methoxy groups -OCH3 is 1. The Hall–Kier alpha value is -3.50. The number of carbonyl (C=O) groups excluding carboxylic acids is 1. The first-order chi connectivity index (χ1) is 16.2. The third-order valence-electron chi connectivity index (χ3n) is 5.23. The summed E-state index contributed by atoms with van der Waals surface area (Å²) in [7, 11) is 1.48. The van der Waals surface area contributed by atoms with Crippen molar-refractivity contribution in [1.29, 1.82) is 0 Å². The largest absolute Gasteiger partial charge is 0.495 e. The molecule has 4 rings (SSSR count). The Bertz CT molecular complexity index is 1210. The van der Waals surface area contributed by atoms with E-state index in [9.17, 15) is 23.1 Å². The maximum Gasteiger partial charge on any atom is 0.416 e. The van der Waals surface area contributed by atoms with E-state index in [1.54, 1.807) is 23.1 Å². The molecule has 1 aromatic heterocycles. The molecular formula is C23H19ClF3N3O4. The van der Waals surface area contributed by atoms with Crippen LogP contribution in [0.1, 0.15) is 15.9 Å². The van der Waals surface area contributed by atoms with Crippen molar-refractivity contribution in [1.82, 2.24) is 4.98 Å². The van der Waals surface area contributed by atoms with Gasteiger partial charge in [-0.1, -0.05) is 17.7 Å². The standard InChI is InChI=1S/C23H19ClF3N3O4/c1-33-16-9-18(24)21(28-10-16)30-15(11-31)12-34-20-17(3-2-4-19(20)30)22(32)29-14-7-5-13(6-8-14)23(25,26)27/h2-10,15,31H,11-12H2,1H3,(H,29,32). The van der Waals surface area contributed by atoms with Crippen molar-refractivity contribution in [2.45, 2.75) is 12.2 Å². The van der Waals surface area contributed by atoms with Gasteiger partial charge in [0, 0.05) is 11.8 Å². The molecule has 7 nitrogen and oxygen atoms in total. The number of pyridine rings is 1. The van der Waals surface area contributed by atoms with Crippen LogP contribution in [0.25, 0.3) is 0 Å². The highest BCUT2D eigenvalue weighted by molar-refractivity contribution is 6.33. The molecule has 178 valence electrons. The molecule has 0 radical (unpaired) electrons. The Morgan fingerprint density at radius 1 is 1.29 bits per heavy atom. The van der Waals surface area contributed by atoms with Crippen molar-refractivity contribution in [3.8, 4) is 11.5 Å². The lowest BCUT2D eigenvalue weighted by Crippen LogP contribution is -2.43. The van der Waals surface area contributed by atoms with E-state index < -0.39 is 23.7 Å². The molecule has 1 aliphatic heterocycles. The summed E-state index contributed by atoms with van der Waals surface area (Å²) in [5, 5.41) is 12.8. The first-order valence-corrected chi connectivity index (χ1v) is 10.4. The van der Waals surface area contributed by atoms with Gasteiger partial charge in [0.2, 0.25) is 0 Å². The van der Waals surface area contributed by atoms with E-state index in [4.69, 9.17) is 21.1 Å². The predicted molar refractivity (Wildman–Crippen MR) is 120 cm³/mol. The summed E-state index contributed by atoms with van der Waals surface area (Å²) in [6.07, 6.45) is -3.00. The number of para-hydroxylation sites is 1. The van der Waals surface area contributed by atoms with Gasteiger partial charge in [0.1, 0.15) is 12.4 Å². The lowest BCUT2D eigenvalue weighted by Gasteiger charge is -2.37. The van der Waals surface area contributed by atoms with Crippen molar-refractivity contribution in [2.24, 2.45) is 0 Å². The zero-order chi connectivity index (χ0) is 24.5. The zero-order valence-corrected chi connectivity index (χ0v) is 18.5. The minimum absolute atomic E-state index is 0.0398. The van der Waals surface area contributed by atoms with Gasteiger partial charge in [-0.25, -0.2) is 4.98 Å². The summed E-state index contributed by atoms with van der Waals surface area (Å²) in [6.45, 7) is -0.233. The van der Waals surface area contributed by atoms with E-state index in [2.05, 4.69) is 10.3 Å². The third kappa shape index (κ3) is 4.59. The van der Waals surface area contributed by atoms with Crippen LogP contribution in [-0.4, -0.2) is 42.4 Å². The van der Waals surface area contributed by atoms with Gasteiger partial charge in [-0.15, -0.1) is 0 Å². The number of ether oxygens (including phenoxy) is 2. The number of hydrogen-bond donors (Lipinski definition) is 2. The summed E-state index contributed by atoms with van der Waals surface area (Å²) in [5.41, 5.74) is -0.0230. The van der Waals surface area contributed by atoms with Crippen LogP contribution in [0, 0.1) is 0 Å². The van der Waals surface area contributed by atoms with Gasteiger partial charge in [-0.2, -0.15) is 13.2 Å². The summed E-state index contributed by atoms with van der Waals surface area (Å²) >= 11 is 6.42. The number of nitrogens with zero attached hydrogens (tertiary/aromatic N) is 2. The Kier molecular flexibility index (Phi) is 6.54. The van der Waals surface area contributed by atoms with E-state index in [1.165, 1.54) is 31.5 Å². The molecule has 0 spiro atoms. The summed E-state index contributed by atoms with van der Waals surface area (Å²) in [5.74, 6) is 0.442. The van der Waals surface area contributed by atoms with Crippen molar-refractivity contribution in [2.75, 3.05) is 30.5 Å². The zero-order valence-electron chi connectivity index (χ0n) is 17.8. The first-order valence-electron chi connectivity index (χ1n) is 10.1. The minimum Gasteiger partial charge on any atom is -0.495 e. The Morgan fingerprint density at radius 3 is 2.65 bits per heavy atom. The molecule has 34 heavy (non-hydrogen) atoms. The molecule has 1 atom stereocenters. The second kappa shape index (κ2) is 9.40. The SMILES string of the molecule is COc1cnc(N2c3cccc(C(=O)Nc4ccc(C(F)(F)F)cc4)c3OCC2CO)c(Cl)c1. The van der Waals surface area contributed by atoms with Crippen molar-refractivity contribution >= 4 is 34.7 Å². The number of benzene rings is 2. The van der Waals surface area contributed by atoms with Gasteiger partial charge in [0.15, 0.2) is 11.6 Å². The molecule has 0 saturated heterocycles. The van der Waals surface area contributed by atoms with Crippen molar-refractivity contribution in [3.63, 3.8) is 0 Å². The molecule has 2 heterocycles. The summed E-state index contributed by atoms with van der Waals surface area (Å²) < 4.78 is 49.3. The second-order valence-electron chi connectivity index (χ2n) is 7.38. The normalized spacial score (nSPS) is 15.4. The number of aromatic nitrogens is 1. The molecule has 1 aliphatic rings. The number of carbonyl (C=O) groups is 1. The Morgan fingerprint density at radius 2 is 2.03 bits per heavy atom. The molecule has 2 N–H and O–H groups in total. The average molecular weight is 494 g/mol. The molecule has 1 unspecified atom stereocenters. The number of amides is 1. The molecular weight excluding hydrogens is 475 g/mol. The topological polar surface area (TPSA) is 83.9 Å². The maximum atomic E-state index is 13.0. The van der Waals surface area contributed by atoms with Crippen LogP contribution in [0.5, 0.6) is 11.5 Å². The van der Waals surface area contributed by atoms with Crippen LogP contribution in [0.4, 0.5) is 30.4 Å². The number of anilines is 3. The lowest BCUT2D eigenvalue weighted by molar-refractivity contribution is -0.137. The molecule has 0 fully saturated rings. The third-order valence-corrected chi connectivity index (χ3v) is 5.50. The van der Waals surface area contributed by atoms with E-state index in [-0.39, 0.29) is 35.2 Å². The van der Waals surface area contributed by atoms with E-state index >= 15 is 0 Å². The Labute approximate surface area is 197 Å². The number of aliphatic hydroxyl groups excluding tert-OH is 1. The molecule has 0 saturated carbocycles. The van der Waals surface area contributed by atoms with Gasteiger partial charge < -0.3 is 24.8 Å². The number of halogens is 4. The van der Waals surface area contributed by atoms with Crippen LogP contribution in [-0.2, 0) is 6.18 Å². The van der Waals surface area contributed by atoms with E-state index in [0.717, 1.165) is 12.1 Å². The Balaban J connectivity index is 1.67. The van der Waals surface area contributed by atoms with Gasteiger partial charge in [0.05, 0.1) is 47.8 Å². The number of alkyl halides is 3. The maximum absolute atomic E-state index is 13.0. The van der Waals surface area contributed by atoms with Gasteiger partial charge >= 0.3 is 6.18 Å². The number of nitrogens with one attached hydrogen (secondary N) is 1. The highest BCUT2D eigenvalue weighted by Crippen LogP contribution is 2.43. The second-order valence-corrected chi connectivity index (χ2v) is 7.79. The smallest absolute Gasteiger partial charge is 0.416 e. The fourth-order valence-electron chi connectivity index (χ4n) is 3.56.